The van der Waals surface area contributed by atoms with Crippen LogP contribution in [-0.2, 0) is 22.7 Å². The molecule has 18 heavy (non-hydrogen) atoms. The highest BCUT2D eigenvalue weighted by Gasteiger charge is 2.39. The molecule has 1 aliphatic rings. The fourth-order valence-electron chi connectivity index (χ4n) is 1.43. The van der Waals surface area contributed by atoms with Gasteiger partial charge >= 0.3 is 7.82 Å². The molecule has 0 aromatic carbocycles. The molecule has 5 atom stereocenters. The van der Waals surface area contributed by atoms with E-state index >= 15 is 0 Å². The van der Waals surface area contributed by atoms with Crippen LogP contribution in [0.1, 0.15) is 6.92 Å². The molecule has 0 aromatic heterocycles. The van der Waals surface area contributed by atoms with E-state index in [2.05, 4.69) is 8.83 Å². The first kappa shape index (κ1) is 16.4. The second kappa shape index (κ2) is 5.77. The molecule has 1 heterocycles. The Labute approximate surface area is 107 Å². The van der Waals surface area contributed by atoms with Crippen LogP contribution >= 0.6 is 15.3 Å². The molecule has 0 amide bonds. The molecule has 0 saturated carbocycles. The average molecular weight is 296 g/mol. The van der Waals surface area contributed by atoms with Crippen LogP contribution in [0.5, 0.6) is 0 Å². The molecular weight excluding hydrogens is 284 g/mol. The molecule has 3 N–H and O–H groups in total. The van der Waals surface area contributed by atoms with Gasteiger partial charge in [-0.25, -0.2) is 8.88 Å². The van der Waals surface area contributed by atoms with E-state index in [1.807, 2.05) is 0 Å². The highest BCUT2D eigenvalue weighted by atomic mass is 31.3. The van der Waals surface area contributed by atoms with Crippen LogP contribution in [0.3, 0.4) is 0 Å². The molecule has 0 aliphatic carbocycles. The monoisotopic (exact) mass is 296 g/mol. The van der Waals surface area contributed by atoms with Gasteiger partial charge in [-0.2, -0.15) is 0 Å². The quantitative estimate of drug-likeness (QED) is 0.448. The van der Waals surface area contributed by atoms with Gasteiger partial charge in [-0.15, -0.1) is 0 Å². The molecule has 2 unspecified atom stereocenters. The number of hydrogen-bond donors (Lipinski definition) is 3. The van der Waals surface area contributed by atoms with Crippen molar-refractivity contribution in [2.45, 2.75) is 25.1 Å². The Balaban J connectivity index is 2.51. The average Bonchev–Trinajstić information content (AvgIpc) is 2.39. The molecule has 1 saturated heterocycles. The summed E-state index contributed by atoms with van der Waals surface area (Å²) >= 11 is 0. The van der Waals surface area contributed by atoms with Gasteiger partial charge in [-0.1, -0.05) is 6.92 Å². The van der Waals surface area contributed by atoms with Crippen LogP contribution in [0.4, 0.5) is 0 Å². The zero-order valence-electron chi connectivity index (χ0n) is 9.45. The van der Waals surface area contributed by atoms with Crippen molar-refractivity contribution in [2.75, 3.05) is 6.61 Å². The van der Waals surface area contributed by atoms with Crippen molar-refractivity contribution in [1.29, 1.82) is 0 Å². The highest BCUT2D eigenvalue weighted by Crippen LogP contribution is 2.57. The lowest BCUT2D eigenvalue weighted by Gasteiger charge is -2.19. The number of rotatable bonds is 5. The van der Waals surface area contributed by atoms with E-state index in [-0.39, 0.29) is 5.92 Å². The van der Waals surface area contributed by atoms with Gasteiger partial charge in [0, 0.05) is 11.9 Å². The highest BCUT2D eigenvalue weighted by molar-refractivity contribution is 7.83. The molecule has 4 radical (unpaired) electrons. The fourth-order valence-corrected chi connectivity index (χ4v) is 3.16. The lowest BCUT2D eigenvalue weighted by molar-refractivity contribution is 0.000557. The third kappa shape index (κ3) is 4.79. The first-order valence-corrected chi connectivity index (χ1v) is 8.05. The minimum Gasteiger partial charge on any atom is -0.390 e. The van der Waals surface area contributed by atoms with E-state index in [0.29, 0.717) is 0 Å². The molecule has 1 aliphatic heterocycles. The summed E-state index contributed by atoms with van der Waals surface area (Å²) in [7, 11) is 0.996. The van der Waals surface area contributed by atoms with Crippen molar-refractivity contribution in [3.8, 4) is 0 Å². The van der Waals surface area contributed by atoms with Crippen LogP contribution < -0.4 is 0 Å². The molecule has 100 valence electrons. The number of aliphatic hydroxyl groups excluding tert-OH is 1. The normalized spacial score (nSPS) is 36.4. The maximum Gasteiger partial charge on any atom is 0.476 e. The van der Waals surface area contributed by atoms with Crippen LogP contribution in [0, 0.1) is 5.92 Å². The largest absolute Gasteiger partial charge is 0.476 e. The summed E-state index contributed by atoms with van der Waals surface area (Å²) in [5.74, 6) is -0.363. The Morgan fingerprint density at radius 1 is 1.39 bits per heavy atom. The molecule has 12 heteroatoms. The van der Waals surface area contributed by atoms with Crippen LogP contribution in [-0.4, -0.2) is 55.1 Å². The van der Waals surface area contributed by atoms with E-state index in [1.165, 1.54) is 0 Å². The predicted octanol–water partition coefficient (Wildman–Crippen LogP) is -0.721. The van der Waals surface area contributed by atoms with Crippen molar-refractivity contribution >= 4 is 30.7 Å². The summed E-state index contributed by atoms with van der Waals surface area (Å²) < 4.78 is 35.2. The van der Waals surface area contributed by atoms with E-state index in [4.69, 9.17) is 29.9 Å². The molecule has 1 rings (SSSR count). The lowest BCUT2D eigenvalue weighted by atomic mass is 9.86. The topological polar surface area (TPSA) is 123 Å². The van der Waals surface area contributed by atoms with E-state index < -0.39 is 40.1 Å². The standard InChI is InChI=1S/C6H12B2O8P2/c1-3-5(9)4(15-6(3)7)2-14-17(8,10)16-18(11,12)13/h3-6,9H,2H2,1H3,(H2,11,12,13)/t3-,4-,5?,6-,17?/m1/s1. The van der Waals surface area contributed by atoms with Crippen molar-refractivity contribution in [1.82, 2.24) is 0 Å². The Morgan fingerprint density at radius 3 is 2.33 bits per heavy atom. The van der Waals surface area contributed by atoms with Crippen LogP contribution in [0.25, 0.3) is 0 Å². The predicted molar refractivity (Wildman–Crippen MR) is 62.0 cm³/mol. The number of ether oxygens (including phenoxy) is 1. The second-order valence-electron chi connectivity index (χ2n) is 3.90. The number of aliphatic hydroxyl groups is 1. The van der Waals surface area contributed by atoms with Crippen molar-refractivity contribution < 1.29 is 37.6 Å². The summed E-state index contributed by atoms with van der Waals surface area (Å²) in [6.45, 7) is 1.18. The summed E-state index contributed by atoms with van der Waals surface area (Å²) in [5.41, 5.74) is 0. The molecule has 0 bridgehead atoms. The second-order valence-corrected chi connectivity index (χ2v) is 6.87. The Bertz CT molecular complexity index is 386. The fraction of sp³-hybridized carbons (Fsp3) is 1.00. The van der Waals surface area contributed by atoms with Gasteiger partial charge in [0.05, 0.1) is 12.7 Å². The molecular formula is C6H12B2O8P2. The van der Waals surface area contributed by atoms with Crippen molar-refractivity contribution in [2.24, 2.45) is 5.92 Å². The van der Waals surface area contributed by atoms with E-state index in [9.17, 15) is 14.2 Å². The van der Waals surface area contributed by atoms with Gasteiger partial charge in [-0.3, -0.25) is 4.57 Å². The Hall–Kier alpha value is 0.350. The Kier molecular flexibility index (Phi) is 5.26. The summed E-state index contributed by atoms with van der Waals surface area (Å²) in [6.07, 6.45) is -1.86. The lowest BCUT2D eigenvalue weighted by Crippen LogP contribution is -2.29. The first-order chi connectivity index (χ1) is 8.02. The van der Waals surface area contributed by atoms with Gasteiger partial charge in [-0.05, 0) is 0 Å². The smallest absolute Gasteiger partial charge is 0.390 e. The molecule has 0 spiro atoms. The van der Waals surface area contributed by atoms with E-state index in [1.54, 1.807) is 6.92 Å². The number of phosphoric acid groups is 1. The SMILES string of the molecule is [B][C@@H]1O[C@H](COP([B])(=O)OP(=O)(O)O)C(O)[C@H]1C. The van der Waals surface area contributed by atoms with Gasteiger partial charge in [0.25, 0.3) is 7.47 Å². The van der Waals surface area contributed by atoms with Crippen LogP contribution in [0.15, 0.2) is 0 Å². The summed E-state index contributed by atoms with van der Waals surface area (Å²) in [6, 6.07) is -0.714. The van der Waals surface area contributed by atoms with Gasteiger partial charge in [0.1, 0.15) is 14.0 Å². The minimum absolute atomic E-state index is 0.363. The maximum absolute atomic E-state index is 11.3. The molecule has 1 fully saturated rings. The Morgan fingerprint density at radius 2 is 1.94 bits per heavy atom. The van der Waals surface area contributed by atoms with Gasteiger partial charge in [0.15, 0.2) is 0 Å². The van der Waals surface area contributed by atoms with E-state index in [0.717, 1.165) is 0 Å². The van der Waals surface area contributed by atoms with Gasteiger partial charge in [0.2, 0.25) is 7.57 Å². The van der Waals surface area contributed by atoms with Crippen molar-refractivity contribution in [3.05, 3.63) is 0 Å². The number of hydrogen-bond acceptors (Lipinski definition) is 6. The third-order valence-corrected chi connectivity index (χ3v) is 4.68. The summed E-state index contributed by atoms with van der Waals surface area (Å²) in [5, 5.41) is 9.65. The maximum atomic E-state index is 11.3. The zero-order chi connectivity index (χ0) is 14.1. The third-order valence-electron chi connectivity index (χ3n) is 2.41. The van der Waals surface area contributed by atoms with Crippen LogP contribution in [0.2, 0.25) is 0 Å². The zero-order valence-corrected chi connectivity index (χ0v) is 11.2. The molecule has 0 aromatic rings. The summed E-state index contributed by atoms with van der Waals surface area (Å²) in [4.78, 5) is 16.9. The van der Waals surface area contributed by atoms with Gasteiger partial charge < -0.3 is 24.2 Å². The molecule has 8 nitrogen and oxygen atoms in total. The first-order valence-electron chi connectivity index (χ1n) is 4.91. The van der Waals surface area contributed by atoms with Crippen molar-refractivity contribution in [3.63, 3.8) is 0 Å². The minimum atomic E-state index is -5.03.